The van der Waals surface area contributed by atoms with E-state index in [1.54, 1.807) is 32.4 Å². The lowest BCUT2D eigenvalue weighted by Gasteiger charge is -2.26. The molecular weight excluding hydrogens is 627 g/mol. The zero-order valence-electron chi connectivity index (χ0n) is 25.4. The van der Waals surface area contributed by atoms with Crippen LogP contribution >= 0.6 is 19.5 Å². The van der Waals surface area contributed by atoms with Crippen molar-refractivity contribution in [1.29, 1.82) is 0 Å². The molecule has 0 bridgehead atoms. The monoisotopic (exact) mass is 666 g/mol. The molecule has 5 rings (SSSR count). The topological polar surface area (TPSA) is 233 Å². The molecule has 2 aliphatic rings. The molecule has 246 valence electrons. The van der Waals surface area contributed by atoms with E-state index in [0.29, 0.717) is 11.2 Å². The fourth-order valence-electron chi connectivity index (χ4n) is 5.45. The van der Waals surface area contributed by atoms with Gasteiger partial charge in [-0.05, 0) is 26.3 Å². The normalized spacial score (nSPS) is 27.3. The maximum absolute atomic E-state index is 13.8. The van der Waals surface area contributed by atoms with Crippen LogP contribution in [-0.4, -0.2) is 96.0 Å². The number of carbonyl (C=O) groups is 1. The number of nitrogen functional groups attached to an aromatic ring is 1. The summed E-state index contributed by atoms with van der Waals surface area (Å²) in [7, 11) is -2.42. The lowest BCUT2D eigenvalue weighted by Crippen LogP contribution is -2.40. The van der Waals surface area contributed by atoms with E-state index in [1.807, 2.05) is 30.3 Å². The van der Waals surface area contributed by atoms with Crippen LogP contribution in [0.5, 0.6) is 0 Å². The van der Waals surface area contributed by atoms with E-state index in [1.165, 1.54) is 11.3 Å². The number of aliphatic hydroxyl groups excluding tert-OH is 2. The van der Waals surface area contributed by atoms with Crippen LogP contribution in [-0.2, 0) is 29.7 Å². The van der Waals surface area contributed by atoms with Crippen molar-refractivity contribution in [1.82, 2.24) is 24.6 Å². The molecule has 0 radical (unpaired) electrons. The molecule has 1 aromatic carbocycles. The van der Waals surface area contributed by atoms with E-state index in [2.05, 4.69) is 20.0 Å². The Morgan fingerprint density at radius 3 is 2.62 bits per heavy atom. The lowest BCUT2D eigenvalue weighted by molar-refractivity contribution is -0.119. The molecule has 0 spiro atoms. The maximum Gasteiger partial charge on any atom is 0.405 e. The Morgan fingerprint density at radius 2 is 2.00 bits per heavy atom. The number of hydrogen-bond donors (Lipinski definition) is 6. The van der Waals surface area contributed by atoms with Crippen molar-refractivity contribution in [3.8, 4) is 0 Å². The number of hydrogen-bond acceptors (Lipinski definition) is 15. The lowest BCUT2D eigenvalue weighted by atomic mass is 9.97. The summed E-state index contributed by atoms with van der Waals surface area (Å²) in [6.07, 6.45) is -1.06. The number of carbonyl (C=O) groups excluding carboxylic acids is 1. The van der Waals surface area contributed by atoms with Crippen molar-refractivity contribution in [3.63, 3.8) is 0 Å². The number of rotatable bonds is 14. The third-order valence-corrected chi connectivity index (χ3v) is 10.9. The minimum absolute atomic E-state index is 0.0501. The van der Waals surface area contributed by atoms with Gasteiger partial charge in [0.25, 0.3) is 0 Å². The standard InChI is InChI=1S/C27H39N8O8PS/c1-25(2,14-36)23(38)45-11-10-41-44(40,31-12-16-8-6-5-7-9-16)42-13-17-19(37)27(39)22(26(27,3)43-17)35-15-30-18-20(34(4)29)32-24(28)33-21(18)35/h5-9,15,17,19,22,36-37,39H,10-14,29H2,1-4H3,(H,31,40)(H2,28,32,33). The van der Waals surface area contributed by atoms with Gasteiger partial charge in [-0.15, -0.1) is 0 Å². The zero-order chi connectivity index (χ0) is 32.8. The fraction of sp³-hybridized carbons (Fsp3) is 0.556. The molecule has 6 unspecified atom stereocenters. The molecule has 3 aromatic rings. The van der Waals surface area contributed by atoms with Crippen LogP contribution in [0.3, 0.4) is 0 Å². The summed E-state index contributed by atoms with van der Waals surface area (Å²) >= 11 is 0.955. The molecule has 1 saturated carbocycles. The van der Waals surface area contributed by atoms with Gasteiger partial charge in [-0.25, -0.2) is 20.5 Å². The SMILES string of the molecule is CN(N)c1nc(N)nc2c1ncn2C1C2(C)OC(COP(=O)(NCc3ccccc3)OCCSC(=O)C(C)(C)CO)C(O)C12O. The molecule has 2 aromatic heterocycles. The molecule has 2 fully saturated rings. The third kappa shape index (κ3) is 6.22. The molecule has 1 aliphatic heterocycles. The van der Waals surface area contributed by atoms with E-state index in [9.17, 15) is 24.7 Å². The molecule has 1 aliphatic carbocycles. The first-order chi connectivity index (χ1) is 21.2. The van der Waals surface area contributed by atoms with Crippen molar-refractivity contribution in [2.24, 2.45) is 11.3 Å². The summed E-state index contributed by atoms with van der Waals surface area (Å²) in [4.78, 5) is 25.1. The van der Waals surface area contributed by atoms with E-state index in [4.69, 9.17) is 25.4 Å². The quantitative estimate of drug-likeness (QED) is 0.0602. The molecule has 18 heteroatoms. The number of thioether (sulfide) groups is 1. The van der Waals surface area contributed by atoms with E-state index in [-0.39, 0.29) is 49.0 Å². The van der Waals surface area contributed by atoms with E-state index in [0.717, 1.165) is 17.3 Å². The Labute approximate surface area is 264 Å². The van der Waals surface area contributed by atoms with Crippen LogP contribution in [0.1, 0.15) is 32.4 Å². The first kappa shape index (κ1) is 33.7. The summed E-state index contributed by atoms with van der Waals surface area (Å²) in [6, 6.07) is 8.41. The highest BCUT2D eigenvalue weighted by atomic mass is 32.2. The van der Waals surface area contributed by atoms with Crippen LogP contribution in [0.15, 0.2) is 36.7 Å². The Morgan fingerprint density at radius 1 is 1.29 bits per heavy atom. The predicted octanol–water partition coefficient (Wildman–Crippen LogP) is 0.732. The molecule has 45 heavy (non-hydrogen) atoms. The third-order valence-electron chi connectivity index (χ3n) is 8.14. The van der Waals surface area contributed by atoms with E-state index >= 15 is 0 Å². The summed E-state index contributed by atoms with van der Waals surface area (Å²) in [5.74, 6) is 6.28. The van der Waals surface area contributed by atoms with Crippen molar-refractivity contribution in [2.45, 2.75) is 56.8 Å². The molecular formula is C27H39N8O8PS. The maximum atomic E-state index is 13.8. The van der Waals surface area contributed by atoms with Gasteiger partial charge in [0.2, 0.25) is 5.95 Å². The molecule has 8 N–H and O–H groups in total. The highest BCUT2D eigenvalue weighted by molar-refractivity contribution is 8.13. The zero-order valence-corrected chi connectivity index (χ0v) is 27.1. The van der Waals surface area contributed by atoms with Gasteiger partial charge in [-0.3, -0.25) is 18.9 Å². The summed E-state index contributed by atoms with van der Waals surface area (Å²) in [5, 5.41) is 36.2. The van der Waals surface area contributed by atoms with Crippen LogP contribution in [0, 0.1) is 5.41 Å². The summed E-state index contributed by atoms with van der Waals surface area (Å²) in [5.41, 5.74) is 3.40. The first-order valence-corrected chi connectivity index (χ1v) is 16.7. The smallest absolute Gasteiger partial charge is 0.395 e. The Balaban J connectivity index is 1.27. The van der Waals surface area contributed by atoms with Gasteiger partial charge in [-0.2, -0.15) is 9.97 Å². The number of ether oxygens (including phenoxy) is 1. The predicted molar refractivity (Wildman–Crippen MR) is 167 cm³/mol. The van der Waals surface area contributed by atoms with Crippen molar-refractivity contribution >= 4 is 47.6 Å². The Bertz CT molecular complexity index is 1600. The van der Waals surface area contributed by atoms with E-state index < -0.39 is 42.6 Å². The number of aromatic nitrogens is 4. The van der Waals surface area contributed by atoms with Gasteiger partial charge in [0.05, 0.1) is 31.6 Å². The molecule has 16 nitrogen and oxygen atoms in total. The fourth-order valence-corrected chi connectivity index (χ4v) is 7.69. The number of hydrazine groups is 1. The van der Waals surface area contributed by atoms with Crippen LogP contribution in [0.4, 0.5) is 11.8 Å². The van der Waals surface area contributed by atoms with Crippen molar-refractivity contribution in [2.75, 3.05) is 43.4 Å². The average molecular weight is 667 g/mol. The Kier molecular flexibility index (Phi) is 9.34. The number of nitrogens with zero attached hydrogens (tertiary/aromatic N) is 5. The summed E-state index contributed by atoms with van der Waals surface area (Å²) in [6.45, 7) is 4.26. The van der Waals surface area contributed by atoms with Crippen LogP contribution in [0.2, 0.25) is 0 Å². The van der Waals surface area contributed by atoms with Crippen molar-refractivity contribution < 1.29 is 38.5 Å². The van der Waals surface area contributed by atoms with Crippen LogP contribution < -0.4 is 21.7 Å². The second kappa shape index (κ2) is 12.5. The average Bonchev–Trinajstić information content (AvgIpc) is 3.22. The number of anilines is 2. The number of aliphatic hydroxyl groups is 3. The molecule has 1 saturated heterocycles. The second-order valence-electron chi connectivity index (χ2n) is 11.9. The molecule has 0 amide bonds. The minimum Gasteiger partial charge on any atom is -0.395 e. The highest BCUT2D eigenvalue weighted by Gasteiger charge is 2.85. The minimum atomic E-state index is -4.00. The van der Waals surface area contributed by atoms with Gasteiger partial charge in [0.15, 0.2) is 22.1 Å². The Hall–Kier alpha value is -2.70. The van der Waals surface area contributed by atoms with Gasteiger partial charge < -0.3 is 30.4 Å². The van der Waals surface area contributed by atoms with Gasteiger partial charge >= 0.3 is 7.75 Å². The summed E-state index contributed by atoms with van der Waals surface area (Å²) < 4.78 is 32.8. The second-order valence-corrected chi connectivity index (χ2v) is 14.8. The molecule has 6 atom stereocenters. The van der Waals surface area contributed by atoms with Crippen molar-refractivity contribution in [3.05, 3.63) is 42.2 Å². The highest BCUT2D eigenvalue weighted by Crippen LogP contribution is 2.68. The number of nitrogens with one attached hydrogen (secondary N) is 1. The van der Waals surface area contributed by atoms with Crippen LogP contribution in [0.25, 0.3) is 11.2 Å². The number of nitrogens with two attached hydrogens (primary N) is 2. The molecule has 3 heterocycles. The first-order valence-electron chi connectivity index (χ1n) is 14.2. The van der Waals surface area contributed by atoms with Gasteiger partial charge in [-0.1, -0.05) is 42.1 Å². The number of benzene rings is 1. The van der Waals surface area contributed by atoms with Gasteiger partial charge in [0, 0.05) is 19.3 Å². The largest absolute Gasteiger partial charge is 0.405 e. The number of imidazole rings is 1. The number of fused-ring (bicyclic) bond motifs is 2. The van der Waals surface area contributed by atoms with Gasteiger partial charge in [0.1, 0.15) is 29.5 Å².